The van der Waals surface area contributed by atoms with Crippen LogP contribution in [0.4, 0.5) is 4.79 Å². The van der Waals surface area contributed by atoms with Gasteiger partial charge in [0, 0.05) is 12.6 Å². The third kappa shape index (κ3) is 3.07. The molecule has 116 valence electrons. The monoisotopic (exact) mass is 284 g/mol. The molecule has 1 rings (SSSR count). The van der Waals surface area contributed by atoms with Crippen LogP contribution in [-0.2, 0) is 4.79 Å². The van der Waals surface area contributed by atoms with E-state index >= 15 is 0 Å². The molecule has 0 aromatic rings. The summed E-state index contributed by atoms with van der Waals surface area (Å²) in [5, 5.41) is 12.2. The molecule has 20 heavy (non-hydrogen) atoms. The third-order valence-electron chi connectivity index (χ3n) is 5.15. The van der Waals surface area contributed by atoms with E-state index in [2.05, 4.69) is 19.2 Å². The molecule has 0 aromatic carbocycles. The number of urea groups is 1. The molecule has 2 atom stereocenters. The lowest BCUT2D eigenvalue weighted by molar-refractivity contribution is -0.150. The van der Waals surface area contributed by atoms with E-state index in [4.69, 9.17) is 0 Å². The maximum atomic E-state index is 12.5. The van der Waals surface area contributed by atoms with E-state index in [-0.39, 0.29) is 12.1 Å². The number of hydrogen-bond donors (Lipinski definition) is 2. The molecular formula is C15H28N2O3. The number of carbonyl (C=O) groups excluding carboxylic acids is 1. The van der Waals surface area contributed by atoms with E-state index in [9.17, 15) is 14.7 Å². The Kier molecular flexibility index (Phi) is 4.72. The summed E-state index contributed by atoms with van der Waals surface area (Å²) < 4.78 is 0. The fourth-order valence-electron chi connectivity index (χ4n) is 2.38. The largest absolute Gasteiger partial charge is 0.481 e. The molecule has 0 radical (unpaired) electrons. The first-order valence-corrected chi connectivity index (χ1v) is 7.33. The minimum Gasteiger partial charge on any atom is -0.481 e. The lowest BCUT2D eigenvalue weighted by atomic mass is 9.74. The van der Waals surface area contributed by atoms with Gasteiger partial charge >= 0.3 is 12.0 Å². The second kappa shape index (κ2) is 5.62. The van der Waals surface area contributed by atoms with Crippen molar-refractivity contribution in [1.29, 1.82) is 0 Å². The molecule has 5 nitrogen and oxygen atoms in total. The summed E-state index contributed by atoms with van der Waals surface area (Å²) in [7, 11) is 0. The Morgan fingerprint density at radius 1 is 1.20 bits per heavy atom. The van der Waals surface area contributed by atoms with E-state index in [1.165, 1.54) is 0 Å². The molecule has 1 aliphatic rings. The van der Waals surface area contributed by atoms with Crippen molar-refractivity contribution in [3.05, 3.63) is 0 Å². The second-order valence-corrected chi connectivity index (χ2v) is 7.04. The van der Waals surface area contributed by atoms with E-state index < -0.39 is 16.9 Å². The van der Waals surface area contributed by atoms with Crippen LogP contribution in [0, 0.1) is 11.3 Å². The molecule has 0 aliphatic carbocycles. The molecular weight excluding hydrogens is 256 g/mol. The van der Waals surface area contributed by atoms with E-state index in [1.54, 1.807) is 27.7 Å². The van der Waals surface area contributed by atoms with Crippen molar-refractivity contribution < 1.29 is 14.7 Å². The summed E-state index contributed by atoms with van der Waals surface area (Å²) in [6.45, 7) is 11.7. The highest BCUT2D eigenvalue weighted by atomic mass is 16.4. The summed E-state index contributed by atoms with van der Waals surface area (Å²) in [5.41, 5.74) is -1.86. The number of piperidine rings is 1. The van der Waals surface area contributed by atoms with E-state index in [0.29, 0.717) is 5.92 Å². The van der Waals surface area contributed by atoms with Gasteiger partial charge in [-0.2, -0.15) is 0 Å². The fraction of sp³-hybridized carbons (Fsp3) is 0.867. The normalized spacial score (nSPS) is 24.4. The van der Waals surface area contributed by atoms with Gasteiger partial charge in [0.2, 0.25) is 0 Å². The second-order valence-electron chi connectivity index (χ2n) is 7.04. The smallest absolute Gasteiger partial charge is 0.318 e. The van der Waals surface area contributed by atoms with Crippen molar-refractivity contribution in [1.82, 2.24) is 10.2 Å². The average Bonchev–Trinajstić information content (AvgIpc) is 2.31. The fourth-order valence-corrected chi connectivity index (χ4v) is 2.38. The predicted molar refractivity (Wildman–Crippen MR) is 78.6 cm³/mol. The van der Waals surface area contributed by atoms with Gasteiger partial charge < -0.3 is 15.3 Å². The van der Waals surface area contributed by atoms with Crippen LogP contribution in [0.3, 0.4) is 0 Å². The Labute approximate surface area is 121 Å². The lowest BCUT2D eigenvalue weighted by Gasteiger charge is -2.43. The minimum atomic E-state index is -1.03. The standard InChI is InChI=1S/C15H28N2O3/c1-10-8-7-9-17(11(10)2)13(20)16-15(5,6)14(3,4)12(18)19/h10-11H,7-9H2,1-6H3,(H,16,20)(H,18,19). The molecule has 1 fully saturated rings. The van der Waals surface area contributed by atoms with Crippen molar-refractivity contribution in [2.45, 2.75) is 66.0 Å². The Morgan fingerprint density at radius 2 is 1.75 bits per heavy atom. The number of likely N-dealkylation sites (tertiary alicyclic amines) is 1. The van der Waals surface area contributed by atoms with E-state index in [1.807, 2.05) is 4.90 Å². The van der Waals surface area contributed by atoms with Gasteiger partial charge in [0.1, 0.15) is 0 Å². The number of carboxylic acid groups (broad SMARTS) is 1. The van der Waals surface area contributed by atoms with Gasteiger partial charge in [-0.1, -0.05) is 6.92 Å². The zero-order valence-electron chi connectivity index (χ0n) is 13.5. The summed E-state index contributed by atoms with van der Waals surface area (Å²) in [5.74, 6) is -0.437. The zero-order valence-corrected chi connectivity index (χ0v) is 13.5. The maximum absolute atomic E-state index is 12.5. The van der Waals surface area contributed by atoms with Gasteiger partial charge in [0.25, 0.3) is 0 Å². The number of carbonyl (C=O) groups is 2. The highest BCUT2D eigenvalue weighted by Gasteiger charge is 2.45. The molecule has 1 aliphatic heterocycles. The molecule has 0 saturated carbocycles. The van der Waals surface area contributed by atoms with Crippen LogP contribution in [0.15, 0.2) is 0 Å². The quantitative estimate of drug-likeness (QED) is 0.837. The molecule has 2 N–H and O–H groups in total. The van der Waals surface area contributed by atoms with Gasteiger partial charge in [-0.05, 0) is 53.4 Å². The maximum Gasteiger partial charge on any atom is 0.318 e. The third-order valence-corrected chi connectivity index (χ3v) is 5.15. The molecule has 0 aromatic heterocycles. The lowest BCUT2D eigenvalue weighted by Crippen LogP contribution is -2.61. The molecule has 1 saturated heterocycles. The van der Waals surface area contributed by atoms with Crippen LogP contribution in [0.1, 0.15) is 54.4 Å². The Morgan fingerprint density at radius 3 is 2.25 bits per heavy atom. The zero-order chi connectivity index (χ0) is 15.7. The molecule has 0 spiro atoms. The van der Waals surface area contributed by atoms with E-state index in [0.717, 1.165) is 19.4 Å². The Hall–Kier alpha value is -1.26. The first-order chi connectivity index (χ1) is 9.00. The number of aliphatic carboxylic acids is 1. The minimum absolute atomic E-state index is 0.164. The van der Waals surface area contributed by atoms with Gasteiger partial charge in [0.15, 0.2) is 0 Å². The van der Waals surface area contributed by atoms with Crippen LogP contribution < -0.4 is 5.32 Å². The Balaban J connectivity index is 2.82. The van der Waals surface area contributed by atoms with Crippen molar-refractivity contribution in [3.63, 3.8) is 0 Å². The summed E-state index contributed by atoms with van der Waals surface area (Å²) in [4.78, 5) is 25.7. The molecule has 2 amide bonds. The number of hydrogen-bond acceptors (Lipinski definition) is 2. The van der Waals surface area contributed by atoms with Crippen molar-refractivity contribution in [2.24, 2.45) is 11.3 Å². The number of amides is 2. The summed E-state index contributed by atoms with van der Waals surface area (Å²) >= 11 is 0. The number of rotatable bonds is 3. The molecule has 0 bridgehead atoms. The van der Waals surface area contributed by atoms with Gasteiger partial charge in [-0.15, -0.1) is 0 Å². The number of nitrogens with one attached hydrogen (secondary N) is 1. The number of nitrogens with zero attached hydrogens (tertiary/aromatic N) is 1. The molecule has 2 unspecified atom stereocenters. The average molecular weight is 284 g/mol. The van der Waals surface area contributed by atoms with Crippen LogP contribution in [-0.4, -0.2) is 40.1 Å². The first kappa shape index (κ1) is 16.8. The SMILES string of the molecule is CC1CCCN(C(=O)NC(C)(C)C(C)(C)C(=O)O)C1C. The topological polar surface area (TPSA) is 69.6 Å². The van der Waals surface area contributed by atoms with Gasteiger partial charge in [0.05, 0.1) is 11.0 Å². The van der Waals surface area contributed by atoms with Crippen LogP contribution in [0.5, 0.6) is 0 Å². The predicted octanol–water partition coefficient (Wildman–Crippen LogP) is 2.71. The highest BCUT2D eigenvalue weighted by Crippen LogP contribution is 2.31. The van der Waals surface area contributed by atoms with Gasteiger partial charge in [-0.3, -0.25) is 4.79 Å². The summed E-state index contributed by atoms with van der Waals surface area (Å²) in [6.07, 6.45) is 2.14. The van der Waals surface area contributed by atoms with Gasteiger partial charge in [-0.25, -0.2) is 4.79 Å². The summed E-state index contributed by atoms with van der Waals surface area (Å²) in [6, 6.07) is 0.0239. The molecule has 5 heteroatoms. The van der Waals surface area contributed by atoms with Crippen molar-refractivity contribution in [3.8, 4) is 0 Å². The van der Waals surface area contributed by atoms with Crippen LogP contribution in [0.25, 0.3) is 0 Å². The molecule has 1 heterocycles. The Bertz CT molecular complexity index is 391. The first-order valence-electron chi connectivity index (χ1n) is 7.33. The van der Waals surface area contributed by atoms with Crippen LogP contribution >= 0.6 is 0 Å². The number of carboxylic acids is 1. The van der Waals surface area contributed by atoms with Crippen LogP contribution in [0.2, 0.25) is 0 Å². The van der Waals surface area contributed by atoms with Crippen molar-refractivity contribution in [2.75, 3.05) is 6.54 Å². The van der Waals surface area contributed by atoms with Crippen molar-refractivity contribution >= 4 is 12.0 Å². The highest BCUT2D eigenvalue weighted by molar-refractivity contribution is 5.80.